The molecule has 0 saturated carbocycles. The summed E-state index contributed by atoms with van der Waals surface area (Å²) in [6.45, 7) is 1.31. The largest absolute Gasteiger partial charge is 0.391 e. The first-order valence-corrected chi connectivity index (χ1v) is 5.33. The van der Waals surface area contributed by atoms with Crippen LogP contribution < -0.4 is 10.6 Å². The fourth-order valence-corrected chi connectivity index (χ4v) is 1.38. The van der Waals surface area contributed by atoms with Gasteiger partial charge in [-0.15, -0.1) is 0 Å². The van der Waals surface area contributed by atoms with Gasteiger partial charge in [-0.25, -0.2) is 4.98 Å². The second kappa shape index (κ2) is 5.70. The number of rotatable bonds is 4. The lowest BCUT2D eigenvalue weighted by Gasteiger charge is -2.15. The maximum absolute atomic E-state index is 12.1. The highest BCUT2D eigenvalue weighted by Gasteiger charge is 2.30. The summed E-state index contributed by atoms with van der Waals surface area (Å²) >= 11 is 0. The molecule has 0 spiro atoms. The maximum atomic E-state index is 12.1. The minimum absolute atomic E-state index is 0.225. The number of carbonyl (C=O) groups excluding carboxylic acids is 1. The number of nitrogens with zero attached hydrogens (tertiary/aromatic N) is 1. The number of hydrogen-bond donors (Lipinski definition) is 2. The molecule has 0 fully saturated rings. The number of anilines is 1. The molecule has 1 amide bonds. The SMILES string of the molecule is CNc1ccc(C(=O)NC(C)CC(F)(F)F)cn1. The molecule has 1 unspecified atom stereocenters. The Morgan fingerprint density at radius 2 is 2.11 bits per heavy atom. The van der Waals surface area contributed by atoms with Gasteiger partial charge in [0, 0.05) is 19.3 Å². The number of amides is 1. The fourth-order valence-electron chi connectivity index (χ4n) is 1.38. The van der Waals surface area contributed by atoms with Gasteiger partial charge in [-0.3, -0.25) is 4.79 Å². The van der Waals surface area contributed by atoms with Crippen molar-refractivity contribution in [3.05, 3.63) is 23.9 Å². The summed E-state index contributed by atoms with van der Waals surface area (Å²) in [6, 6.07) is 2.10. The molecule has 4 nitrogen and oxygen atoms in total. The van der Waals surface area contributed by atoms with Gasteiger partial charge in [-0.2, -0.15) is 13.2 Å². The summed E-state index contributed by atoms with van der Waals surface area (Å²) in [4.78, 5) is 15.5. The third kappa shape index (κ3) is 4.60. The van der Waals surface area contributed by atoms with E-state index >= 15 is 0 Å². The van der Waals surface area contributed by atoms with Crippen molar-refractivity contribution in [3.63, 3.8) is 0 Å². The molecular formula is C11H14F3N3O. The molecule has 7 heteroatoms. The Kier molecular flexibility index (Phi) is 4.52. The first-order valence-electron chi connectivity index (χ1n) is 5.33. The Balaban J connectivity index is 2.59. The van der Waals surface area contributed by atoms with Crippen molar-refractivity contribution in [2.24, 2.45) is 0 Å². The van der Waals surface area contributed by atoms with Crippen LogP contribution in [0.2, 0.25) is 0 Å². The van der Waals surface area contributed by atoms with Gasteiger partial charge in [0.2, 0.25) is 0 Å². The van der Waals surface area contributed by atoms with E-state index in [2.05, 4.69) is 15.6 Å². The molecule has 0 saturated heterocycles. The highest BCUT2D eigenvalue weighted by atomic mass is 19.4. The highest BCUT2D eigenvalue weighted by Crippen LogP contribution is 2.21. The van der Waals surface area contributed by atoms with Crippen molar-refractivity contribution in [2.75, 3.05) is 12.4 Å². The predicted molar refractivity (Wildman–Crippen MR) is 61.4 cm³/mol. The molecule has 0 aliphatic rings. The summed E-state index contributed by atoms with van der Waals surface area (Å²) in [5.74, 6) is 0.0109. The molecule has 1 atom stereocenters. The van der Waals surface area contributed by atoms with E-state index in [9.17, 15) is 18.0 Å². The lowest BCUT2D eigenvalue weighted by molar-refractivity contribution is -0.138. The third-order valence-corrected chi connectivity index (χ3v) is 2.20. The Labute approximate surface area is 103 Å². The van der Waals surface area contributed by atoms with Crippen LogP contribution in [0.5, 0.6) is 0 Å². The van der Waals surface area contributed by atoms with Crippen molar-refractivity contribution in [2.45, 2.75) is 25.6 Å². The number of carbonyl (C=O) groups is 1. The number of hydrogen-bond acceptors (Lipinski definition) is 3. The zero-order chi connectivity index (χ0) is 13.8. The van der Waals surface area contributed by atoms with Gasteiger partial charge in [-0.05, 0) is 19.1 Å². The molecule has 1 rings (SSSR count). The Morgan fingerprint density at radius 1 is 1.44 bits per heavy atom. The monoisotopic (exact) mass is 261 g/mol. The summed E-state index contributed by atoms with van der Waals surface area (Å²) in [6.07, 6.45) is -4.04. The van der Waals surface area contributed by atoms with Crippen LogP contribution in [0.25, 0.3) is 0 Å². The van der Waals surface area contributed by atoms with Crippen LogP contribution >= 0.6 is 0 Å². The Morgan fingerprint density at radius 3 is 2.56 bits per heavy atom. The molecule has 100 valence electrons. The zero-order valence-corrected chi connectivity index (χ0v) is 10.0. The Bertz CT molecular complexity index is 403. The second-order valence-electron chi connectivity index (χ2n) is 3.88. The number of halogens is 3. The summed E-state index contributed by atoms with van der Waals surface area (Å²) in [7, 11) is 1.67. The van der Waals surface area contributed by atoms with Crippen LogP contribution in [0.15, 0.2) is 18.3 Å². The molecule has 0 radical (unpaired) electrons. The molecule has 18 heavy (non-hydrogen) atoms. The van der Waals surface area contributed by atoms with Gasteiger partial charge < -0.3 is 10.6 Å². The van der Waals surface area contributed by atoms with Crippen molar-refractivity contribution in [1.82, 2.24) is 10.3 Å². The van der Waals surface area contributed by atoms with Crippen LogP contribution in [0.3, 0.4) is 0 Å². The van der Waals surface area contributed by atoms with E-state index in [1.54, 1.807) is 13.1 Å². The Hall–Kier alpha value is -1.79. The van der Waals surface area contributed by atoms with Gasteiger partial charge >= 0.3 is 6.18 Å². The molecule has 1 aromatic rings. The van der Waals surface area contributed by atoms with Crippen LogP contribution in [-0.2, 0) is 0 Å². The molecule has 0 aliphatic heterocycles. The predicted octanol–water partition coefficient (Wildman–Crippen LogP) is 2.19. The average molecular weight is 261 g/mol. The second-order valence-corrected chi connectivity index (χ2v) is 3.88. The van der Waals surface area contributed by atoms with Crippen LogP contribution in [0.1, 0.15) is 23.7 Å². The maximum Gasteiger partial charge on any atom is 0.391 e. The van der Waals surface area contributed by atoms with Crippen LogP contribution in [-0.4, -0.2) is 30.2 Å². The first kappa shape index (κ1) is 14.3. The number of pyridine rings is 1. The van der Waals surface area contributed by atoms with E-state index in [1.165, 1.54) is 19.2 Å². The summed E-state index contributed by atoms with van der Waals surface area (Å²) in [5.41, 5.74) is 0.225. The van der Waals surface area contributed by atoms with E-state index in [0.29, 0.717) is 5.82 Å². The van der Waals surface area contributed by atoms with E-state index in [4.69, 9.17) is 0 Å². The van der Waals surface area contributed by atoms with Gasteiger partial charge in [0.15, 0.2) is 0 Å². The quantitative estimate of drug-likeness (QED) is 0.873. The summed E-state index contributed by atoms with van der Waals surface area (Å²) < 4.78 is 36.3. The minimum Gasteiger partial charge on any atom is -0.373 e. The lowest BCUT2D eigenvalue weighted by atomic mass is 10.2. The average Bonchev–Trinajstić information content (AvgIpc) is 2.26. The highest BCUT2D eigenvalue weighted by molar-refractivity contribution is 5.94. The third-order valence-electron chi connectivity index (χ3n) is 2.20. The smallest absolute Gasteiger partial charge is 0.373 e. The summed E-state index contributed by atoms with van der Waals surface area (Å²) in [5, 5.41) is 5.04. The number of alkyl halides is 3. The van der Waals surface area contributed by atoms with Crippen molar-refractivity contribution < 1.29 is 18.0 Å². The van der Waals surface area contributed by atoms with Crippen molar-refractivity contribution in [1.29, 1.82) is 0 Å². The molecule has 1 aromatic heterocycles. The first-order chi connectivity index (χ1) is 8.31. The van der Waals surface area contributed by atoms with Gasteiger partial charge in [0.05, 0.1) is 12.0 Å². The number of aromatic nitrogens is 1. The van der Waals surface area contributed by atoms with Crippen LogP contribution in [0, 0.1) is 0 Å². The number of nitrogens with one attached hydrogen (secondary N) is 2. The van der Waals surface area contributed by atoms with Gasteiger partial charge in [0.1, 0.15) is 5.82 Å². The molecule has 2 N–H and O–H groups in total. The van der Waals surface area contributed by atoms with Gasteiger partial charge in [0.25, 0.3) is 5.91 Å². The molecular weight excluding hydrogens is 247 g/mol. The molecule has 0 aromatic carbocycles. The minimum atomic E-state index is -4.29. The van der Waals surface area contributed by atoms with E-state index < -0.39 is 24.5 Å². The van der Waals surface area contributed by atoms with E-state index in [1.807, 2.05) is 0 Å². The standard InChI is InChI=1S/C11H14F3N3O/c1-7(5-11(12,13)14)17-10(18)8-3-4-9(15-2)16-6-8/h3-4,6-7H,5H2,1-2H3,(H,15,16)(H,17,18). The van der Waals surface area contributed by atoms with Crippen molar-refractivity contribution in [3.8, 4) is 0 Å². The van der Waals surface area contributed by atoms with Gasteiger partial charge in [-0.1, -0.05) is 0 Å². The fraction of sp³-hybridized carbons (Fsp3) is 0.455. The van der Waals surface area contributed by atoms with Crippen LogP contribution in [0.4, 0.5) is 19.0 Å². The van der Waals surface area contributed by atoms with E-state index in [0.717, 1.165) is 0 Å². The lowest BCUT2D eigenvalue weighted by Crippen LogP contribution is -2.35. The zero-order valence-electron chi connectivity index (χ0n) is 10.0. The van der Waals surface area contributed by atoms with E-state index in [-0.39, 0.29) is 5.56 Å². The molecule has 0 aliphatic carbocycles. The molecule has 1 heterocycles. The van der Waals surface area contributed by atoms with Crippen molar-refractivity contribution >= 4 is 11.7 Å². The topological polar surface area (TPSA) is 54.0 Å². The molecule has 0 bridgehead atoms. The normalized spacial score (nSPS) is 12.9.